The quantitative estimate of drug-likeness (QED) is 0.560. The minimum absolute atomic E-state index is 0.0131. The van der Waals surface area contributed by atoms with Gasteiger partial charge >= 0.3 is 5.97 Å². The average molecular weight is 450 g/mol. The van der Waals surface area contributed by atoms with Crippen molar-refractivity contribution in [2.45, 2.75) is 32.1 Å². The minimum Gasteiger partial charge on any atom is -0.496 e. The molecule has 0 unspecified atom stereocenters. The Balaban J connectivity index is 0.000000221. The van der Waals surface area contributed by atoms with Gasteiger partial charge in [0.2, 0.25) is 0 Å². The molecule has 1 aliphatic heterocycles. The lowest BCUT2D eigenvalue weighted by molar-refractivity contribution is 0.0689. The molecule has 0 saturated carbocycles. The molecule has 1 aromatic carbocycles. The number of carbonyl (C=O) groups excluding carboxylic acids is 1. The highest BCUT2D eigenvalue weighted by Gasteiger charge is 2.19. The number of aromatic carboxylic acids is 1. The standard InChI is InChI=1S/C13H19NOS.C10H12O5/c15-12(13-7-5-11-16-13)6-4-10-14-8-2-1-3-9-14;1-13-6-4-7(14-2)9(10(11)12)8(5-6)15-3/h5,7,11H,1-4,6,8-10H2;4-5H,1-3H3,(H,11,12). The van der Waals surface area contributed by atoms with Gasteiger partial charge in [0.1, 0.15) is 22.8 Å². The molecule has 170 valence electrons. The van der Waals surface area contributed by atoms with E-state index in [1.807, 2.05) is 17.5 Å². The maximum absolute atomic E-state index is 11.7. The molecule has 0 amide bonds. The summed E-state index contributed by atoms with van der Waals surface area (Å²) in [6.07, 6.45) is 5.76. The van der Waals surface area contributed by atoms with Crippen LogP contribution < -0.4 is 14.2 Å². The molecule has 1 fully saturated rings. The Morgan fingerprint density at radius 2 is 1.68 bits per heavy atom. The molecule has 0 spiro atoms. The molecule has 2 heterocycles. The molecule has 8 heteroatoms. The van der Waals surface area contributed by atoms with Gasteiger partial charge in [0.15, 0.2) is 5.78 Å². The van der Waals surface area contributed by atoms with Gasteiger partial charge in [-0.2, -0.15) is 0 Å². The van der Waals surface area contributed by atoms with Crippen molar-refractivity contribution in [3.63, 3.8) is 0 Å². The fraction of sp³-hybridized carbons (Fsp3) is 0.478. The zero-order valence-electron chi connectivity index (χ0n) is 18.4. The third-order valence-electron chi connectivity index (χ3n) is 5.05. The van der Waals surface area contributed by atoms with Crippen LogP contribution >= 0.6 is 11.3 Å². The molecular formula is C23H31NO6S. The van der Waals surface area contributed by atoms with Gasteiger partial charge in [-0.3, -0.25) is 4.79 Å². The lowest BCUT2D eigenvalue weighted by atomic mass is 10.1. The smallest absolute Gasteiger partial charge is 0.343 e. The van der Waals surface area contributed by atoms with Gasteiger partial charge in [-0.15, -0.1) is 11.3 Å². The van der Waals surface area contributed by atoms with Crippen molar-refractivity contribution >= 4 is 23.1 Å². The van der Waals surface area contributed by atoms with Crippen molar-refractivity contribution in [2.75, 3.05) is 41.0 Å². The summed E-state index contributed by atoms with van der Waals surface area (Å²) in [4.78, 5) is 26.1. The van der Waals surface area contributed by atoms with Gasteiger partial charge in [-0.25, -0.2) is 4.79 Å². The summed E-state index contributed by atoms with van der Waals surface area (Å²) in [6, 6.07) is 6.86. The normalized spacial score (nSPS) is 13.6. The first kappa shape index (κ1) is 24.7. The van der Waals surface area contributed by atoms with Crippen LogP contribution in [-0.2, 0) is 0 Å². The summed E-state index contributed by atoms with van der Waals surface area (Å²) in [5.41, 5.74) is -0.0131. The van der Waals surface area contributed by atoms with Crippen molar-refractivity contribution in [1.29, 1.82) is 0 Å². The highest BCUT2D eigenvalue weighted by molar-refractivity contribution is 7.12. The molecule has 1 aliphatic rings. The zero-order valence-corrected chi connectivity index (χ0v) is 19.2. The van der Waals surface area contributed by atoms with Crippen molar-refractivity contribution in [2.24, 2.45) is 0 Å². The number of hydrogen-bond acceptors (Lipinski definition) is 7. The monoisotopic (exact) mass is 449 g/mol. The van der Waals surface area contributed by atoms with E-state index in [1.165, 1.54) is 65.8 Å². The number of piperidine rings is 1. The lowest BCUT2D eigenvalue weighted by Gasteiger charge is -2.26. The van der Waals surface area contributed by atoms with E-state index in [0.717, 1.165) is 17.8 Å². The summed E-state index contributed by atoms with van der Waals surface area (Å²) in [5, 5.41) is 10.9. The van der Waals surface area contributed by atoms with E-state index in [0.29, 0.717) is 18.0 Å². The third-order valence-corrected chi connectivity index (χ3v) is 5.96. The first-order chi connectivity index (χ1) is 15.0. The van der Waals surface area contributed by atoms with Gasteiger partial charge in [0.05, 0.1) is 26.2 Å². The number of benzene rings is 1. The molecule has 1 N–H and O–H groups in total. The summed E-state index contributed by atoms with van der Waals surface area (Å²) in [5.74, 6) is 0.101. The number of likely N-dealkylation sites (tertiary alicyclic amines) is 1. The van der Waals surface area contributed by atoms with Gasteiger partial charge in [-0.1, -0.05) is 12.5 Å². The maximum Gasteiger partial charge on any atom is 0.343 e. The Labute approximate surface area is 187 Å². The van der Waals surface area contributed by atoms with Crippen molar-refractivity contribution in [3.05, 3.63) is 40.1 Å². The number of nitrogens with zero attached hydrogens (tertiary/aromatic N) is 1. The van der Waals surface area contributed by atoms with E-state index in [-0.39, 0.29) is 17.1 Å². The second kappa shape index (κ2) is 13.0. The SMILES string of the molecule is COc1cc(OC)c(C(=O)O)c(OC)c1.O=C(CCCN1CCCCC1)c1cccs1. The van der Waals surface area contributed by atoms with Crippen LogP contribution in [0.4, 0.5) is 0 Å². The van der Waals surface area contributed by atoms with Gasteiger partial charge in [-0.05, 0) is 50.3 Å². The fourth-order valence-electron chi connectivity index (χ4n) is 3.42. The molecule has 0 bridgehead atoms. The molecule has 3 rings (SSSR count). The summed E-state index contributed by atoms with van der Waals surface area (Å²) in [6.45, 7) is 3.55. The third kappa shape index (κ3) is 7.56. The predicted octanol–water partition coefficient (Wildman–Crippen LogP) is 4.61. The Kier molecular flexibility index (Phi) is 10.3. The van der Waals surface area contributed by atoms with Crippen molar-refractivity contribution < 1.29 is 28.9 Å². The number of hydrogen-bond donors (Lipinski definition) is 1. The number of Topliss-reactive ketones (excluding diaryl/α,β-unsaturated/α-hetero) is 1. The molecule has 0 aliphatic carbocycles. The molecule has 1 aromatic heterocycles. The highest BCUT2D eigenvalue weighted by atomic mass is 32.1. The maximum atomic E-state index is 11.7. The highest BCUT2D eigenvalue weighted by Crippen LogP contribution is 2.33. The van der Waals surface area contributed by atoms with E-state index in [9.17, 15) is 9.59 Å². The van der Waals surface area contributed by atoms with Crippen LogP contribution in [0.25, 0.3) is 0 Å². The predicted molar refractivity (Wildman–Crippen MR) is 121 cm³/mol. The topological polar surface area (TPSA) is 85.3 Å². The van der Waals surface area contributed by atoms with Gasteiger partial charge in [0, 0.05) is 18.6 Å². The van der Waals surface area contributed by atoms with Crippen LogP contribution in [0.2, 0.25) is 0 Å². The van der Waals surface area contributed by atoms with E-state index in [2.05, 4.69) is 4.90 Å². The lowest BCUT2D eigenvalue weighted by Crippen LogP contribution is -2.30. The number of carboxylic acids is 1. The number of ketones is 1. The molecule has 31 heavy (non-hydrogen) atoms. The minimum atomic E-state index is -1.11. The largest absolute Gasteiger partial charge is 0.496 e. The Bertz CT molecular complexity index is 806. The number of methoxy groups -OCH3 is 3. The Morgan fingerprint density at radius 3 is 2.16 bits per heavy atom. The van der Waals surface area contributed by atoms with E-state index in [1.54, 1.807) is 11.3 Å². The number of carboxylic acid groups (broad SMARTS) is 1. The number of thiophene rings is 1. The zero-order chi connectivity index (χ0) is 22.6. The molecule has 7 nitrogen and oxygen atoms in total. The van der Waals surface area contributed by atoms with Crippen molar-refractivity contribution in [1.82, 2.24) is 4.90 Å². The van der Waals surface area contributed by atoms with E-state index < -0.39 is 5.97 Å². The molecular weight excluding hydrogens is 418 g/mol. The van der Waals surface area contributed by atoms with E-state index >= 15 is 0 Å². The van der Waals surface area contributed by atoms with Crippen LogP contribution in [0.1, 0.15) is 52.1 Å². The molecule has 0 atom stereocenters. The average Bonchev–Trinajstić information content (AvgIpc) is 3.34. The number of rotatable bonds is 9. The van der Waals surface area contributed by atoms with Crippen LogP contribution in [0.15, 0.2) is 29.6 Å². The molecule has 1 saturated heterocycles. The molecule has 2 aromatic rings. The number of carbonyl (C=O) groups is 2. The first-order valence-corrected chi connectivity index (χ1v) is 11.2. The molecule has 0 radical (unpaired) electrons. The summed E-state index contributed by atoms with van der Waals surface area (Å²) >= 11 is 1.55. The van der Waals surface area contributed by atoms with Crippen LogP contribution in [0.3, 0.4) is 0 Å². The van der Waals surface area contributed by atoms with Gasteiger partial charge < -0.3 is 24.2 Å². The number of ether oxygens (including phenoxy) is 3. The van der Waals surface area contributed by atoms with Crippen LogP contribution in [0, 0.1) is 0 Å². The second-order valence-corrected chi connectivity index (χ2v) is 8.07. The van der Waals surface area contributed by atoms with Crippen LogP contribution in [0.5, 0.6) is 17.2 Å². The van der Waals surface area contributed by atoms with Gasteiger partial charge in [0.25, 0.3) is 0 Å². The summed E-state index contributed by atoms with van der Waals surface area (Å²) in [7, 11) is 4.26. The Morgan fingerprint density at radius 1 is 1.03 bits per heavy atom. The second-order valence-electron chi connectivity index (χ2n) is 7.12. The first-order valence-electron chi connectivity index (χ1n) is 10.3. The fourth-order valence-corrected chi connectivity index (χ4v) is 4.12. The van der Waals surface area contributed by atoms with Crippen molar-refractivity contribution in [3.8, 4) is 17.2 Å². The summed E-state index contributed by atoms with van der Waals surface area (Å²) < 4.78 is 14.9. The van der Waals surface area contributed by atoms with Crippen LogP contribution in [-0.4, -0.2) is 62.7 Å². The Hall–Kier alpha value is -2.58. The van der Waals surface area contributed by atoms with E-state index in [4.69, 9.17) is 19.3 Å².